The van der Waals surface area contributed by atoms with Crippen molar-refractivity contribution in [3.8, 4) is 28.5 Å². The number of hydrogen-bond acceptors (Lipinski definition) is 6. The molecule has 4 aromatic rings. The molecule has 1 heterocycles. The van der Waals surface area contributed by atoms with Crippen molar-refractivity contribution in [2.45, 2.75) is 12.8 Å². The summed E-state index contributed by atoms with van der Waals surface area (Å²) in [6.45, 7) is -0.628. The molecule has 37 heavy (non-hydrogen) atoms. The van der Waals surface area contributed by atoms with E-state index >= 15 is 0 Å². The van der Waals surface area contributed by atoms with Crippen LogP contribution in [0.15, 0.2) is 89.3 Å². The molecule has 3 aromatic carbocycles. The zero-order chi connectivity index (χ0) is 26.2. The average Bonchev–Trinajstić information content (AvgIpc) is 3.29. The van der Waals surface area contributed by atoms with Crippen LogP contribution >= 0.6 is 0 Å². The number of carbonyl (C=O) groups is 3. The molecule has 0 saturated heterocycles. The smallest absolute Gasteiger partial charge is 0.306 e. The SMILES string of the molecule is N#Cc1c(NC(=O)COC(=O)CCC(=O)c2ccc(F)cc2)oc(-c2ccccc2)c1-c1ccccc1. The van der Waals surface area contributed by atoms with E-state index in [1.807, 2.05) is 60.7 Å². The molecule has 7 nitrogen and oxygen atoms in total. The topological polar surface area (TPSA) is 109 Å². The largest absolute Gasteiger partial charge is 0.456 e. The van der Waals surface area contributed by atoms with Crippen LogP contribution < -0.4 is 5.32 Å². The van der Waals surface area contributed by atoms with Crippen LogP contribution in [0.2, 0.25) is 0 Å². The molecule has 0 saturated carbocycles. The number of nitriles is 1. The summed E-state index contributed by atoms with van der Waals surface area (Å²) in [5.41, 5.74) is 2.39. The van der Waals surface area contributed by atoms with Gasteiger partial charge in [0.25, 0.3) is 5.91 Å². The van der Waals surface area contributed by atoms with Crippen molar-refractivity contribution in [1.82, 2.24) is 0 Å². The second-order valence-corrected chi connectivity index (χ2v) is 7.99. The van der Waals surface area contributed by atoms with Crippen molar-refractivity contribution >= 4 is 23.5 Å². The first-order valence-corrected chi connectivity index (χ1v) is 11.4. The van der Waals surface area contributed by atoms with Crippen LogP contribution in [0.25, 0.3) is 22.5 Å². The highest BCUT2D eigenvalue weighted by Crippen LogP contribution is 2.41. The first kappa shape index (κ1) is 25.1. The first-order valence-electron chi connectivity index (χ1n) is 11.4. The van der Waals surface area contributed by atoms with Gasteiger partial charge >= 0.3 is 5.97 Å². The number of nitrogens with one attached hydrogen (secondary N) is 1. The lowest BCUT2D eigenvalue weighted by Gasteiger charge is -2.05. The second-order valence-electron chi connectivity index (χ2n) is 7.99. The van der Waals surface area contributed by atoms with Crippen molar-refractivity contribution < 1.29 is 27.9 Å². The maximum Gasteiger partial charge on any atom is 0.306 e. The van der Waals surface area contributed by atoms with Gasteiger partial charge in [-0.2, -0.15) is 5.26 Å². The summed E-state index contributed by atoms with van der Waals surface area (Å²) in [7, 11) is 0. The number of Topliss-reactive ketones (excluding diaryl/α,β-unsaturated/α-hetero) is 1. The van der Waals surface area contributed by atoms with E-state index in [1.54, 1.807) is 0 Å². The van der Waals surface area contributed by atoms with Crippen LogP contribution in [-0.4, -0.2) is 24.3 Å². The molecular weight excluding hydrogens is 475 g/mol. The molecule has 0 spiro atoms. The average molecular weight is 496 g/mol. The fourth-order valence-electron chi connectivity index (χ4n) is 3.68. The number of nitrogens with zero attached hydrogens (tertiary/aromatic N) is 1. The number of amides is 1. The Kier molecular flexibility index (Phi) is 7.86. The Morgan fingerprint density at radius 3 is 2.11 bits per heavy atom. The van der Waals surface area contributed by atoms with E-state index in [4.69, 9.17) is 9.15 Å². The standard InChI is InChI=1S/C29H21FN2O5/c30-22-13-11-19(12-14-22)24(33)15-16-26(35)36-18-25(34)32-29-23(17-31)27(20-7-3-1-4-8-20)28(37-29)21-9-5-2-6-10-21/h1-14H,15-16,18H2,(H,32,34). The van der Waals surface area contributed by atoms with Gasteiger partial charge in [0.15, 0.2) is 12.4 Å². The first-order chi connectivity index (χ1) is 18.0. The molecule has 1 N–H and O–H groups in total. The molecule has 0 aliphatic heterocycles. The quantitative estimate of drug-likeness (QED) is 0.233. The number of carbonyl (C=O) groups excluding carboxylic acids is 3. The van der Waals surface area contributed by atoms with Crippen LogP contribution in [0, 0.1) is 17.1 Å². The Morgan fingerprint density at radius 1 is 0.865 bits per heavy atom. The third kappa shape index (κ3) is 6.16. The Labute approximate surface area is 212 Å². The van der Waals surface area contributed by atoms with Gasteiger partial charge in [0.05, 0.1) is 6.42 Å². The monoisotopic (exact) mass is 496 g/mol. The maximum atomic E-state index is 13.0. The molecule has 1 amide bonds. The van der Waals surface area contributed by atoms with Gasteiger partial charge in [-0.15, -0.1) is 0 Å². The second kappa shape index (κ2) is 11.6. The number of ketones is 1. The zero-order valence-electron chi connectivity index (χ0n) is 19.6. The van der Waals surface area contributed by atoms with Gasteiger partial charge in [-0.3, -0.25) is 19.7 Å². The number of furan rings is 1. The lowest BCUT2D eigenvalue weighted by Crippen LogP contribution is -2.21. The normalized spacial score (nSPS) is 10.4. The van der Waals surface area contributed by atoms with Crippen LogP contribution in [0.5, 0.6) is 0 Å². The number of anilines is 1. The number of esters is 1. The molecule has 0 unspecified atom stereocenters. The summed E-state index contributed by atoms with van der Waals surface area (Å²) >= 11 is 0. The van der Waals surface area contributed by atoms with Crippen molar-refractivity contribution in [3.63, 3.8) is 0 Å². The summed E-state index contributed by atoms with van der Waals surface area (Å²) in [4.78, 5) is 36.7. The lowest BCUT2D eigenvalue weighted by atomic mass is 9.98. The minimum Gasteiger partial charge on any atom is -0.456 e. The third-order valence-electron chi connectivity index (χ3n) is 5.46. The molecule has 4 rings (SSSR count). The molecule has 0 aliphatic rings. The number of hydrogen-bond donors (Lipinski definition) is 1. The predicted octanol–water partition coefficient (Wildman–Crippen LogP) is 5.77. The number of halogens is 1. The summed E-state index contributed by atoms with van der Waals surface area (Å²) in [5, 5.41) is 12.4. The Hall–Kier alpha value is -5.03. The Balaban J connectivity index is 1.43. The van der Waals surface area contributed by atoms with E-state index in [0.717, 1.165) is 23.3 Å². The number of rotatable bonds is 9. The van der Waals surface area contributed by atoms with Gasteiger partial charge in [-0.05, 0) is 29.8 Å². The van der Waals surface area contributed by atoms with Crippen LogP contribution in [-0.2, 0) is 14.3 Å². The fraction of sp³-hybridized carbons (Fsp3) is 0.103. The number of benzene rings is 3. The Morgan fingerprint density at radius 2 is 1.49 bits per heavy atom. The van der Waals surface area contributed by atoms with Crippen LogP contribution in [0.3, 0.4) is 0 Å². The minimum absolute atomic E-state index is 0.0623. The molecule has 0 bridgehead atoms. The predicted molar refractivity (Wildman–Crippen MR) is 134 cm³/mol. The van der Waals surface area contributed by atoms with Crippen molar-refractivity contribution in [2.75, 3.05) is 11.9 Å². The van der Waals surface area contributed by atoms with Crippen molar-refractivity contribution in [2.24, 2.45) is 0 Å². The van der Waals surface area contributed by atoms with Gasteiger partial charge in [0.2, 0.25) is 5.88 Å². The van der Waals surface area contributed by atoms with Crippen LogP contribution in [0.4, 0.5) is 10.3 Å². The summed E-state index contributed by atoms with van der Waals surface area (Å²) in [5.74, 6) is -1.92. The van der Waals surface area contributed by atoms with E-state index in [9.17, 15) is 24.0 Å². The highest BCUT2D eigenvalue weighted by Gasteiger charge is 2.24. The molecule has 0 aliphatic carbocycles. The minimum atomic E-state index is -0.750. The highest BCUT2D eigenvalue weighted by molar-refractivity contribution is 5.98. The molecule has 0 fully saturated rings. The highest BCUT2D eigenvalue weighted by atomic mass is 19.1. The van der Waals surface area contributed by atoms with Gasteiger partial charge in [-0.1, -0.05) is 60.7 Å². The van der Waals surface area contributed by atoms with Crippen molar-refractivity contribution in [3.05, 3.63) is 102 Å². The van der Waals surface area contributed by atoms with Gasteiger partial charge in [0, 0.05) is 23.1 Å². The molecule has 1 aromatic heterocycles. The van der Waals surface area contributed by atoms with E-state index in [0.29, 0.717) is 11.3 Å². The molecule has 0 atom stereocenters. The van der Waals surface area contributed by atoms with E-state index in [-0.39, 0.29) is 35.6 Å². The van der Waals surface area contributed by atoms with Gasteiger partial charge in [-0.25, -0.2) is 4.39 Å². The molecule has 184 valence electrons. The Bertz CT molecular complexity index is 1460. The summed E-state index contributed by atoms with van der Waals surface area (Å²) < 4.78 is 23.9. The summed E-state index contributed by atoms with van der Waals surface area (Å²) in [6, 6.07) is 25.4. The van der Waals surface area contributed by atoms with E-state index < -0.39 is 24.3 Å². The van der Waals surface area contributed by atoms with Crippen LogP contribution in [0.1, 0.15) is 28.8 Å². The fourth-order valence-corrected chi connectivity index (χ4v) is 3.68. The zero-order valence-corrected chi connectivity index (χ0v) is 19.6. The third-order valence-corrected chi connectivity index (χ3v) is 5.46. The molecule has 0 radical (unpaired) electrons. The number of ether oxygens (including phenoxy) is 1. The molecular formula is C29H21FN2O5. The van der Waals surface area contributed by atoms with E-state index in [1.165, 1.54) is 12.1 Å². The molecule has 8 heteroatoms. The lowest BCUT2D eigenvalue weighted by molar-refractivity contribution is -0.147. The summed E-state index contributed by atoms with van der Waals surface area (Å²) in [6.07, 6.45) is -0.395. The van der Waals surface area contributed by atoms with E-state index in [2.05, 4.69) is 11.4 Å². The maximum absolute atomic E-state index is 13.0. The van der Waals surface area contributed by atoms with Gasteiger partial charge in [0.1, 0.15) is 23.2 Å². The van der Waals surface area contributed by atoms with Crippen molar-refractivity contribution in [1.29, 1.82) is 5.26 Å². The van der Waals surface area contributed by atoms with Gasteiger partial charge < -0.3 is 9.15 Å².